The summed E-state index contributed by atoms with van der Waals surface area (Å²) in [7, 11) is 0. The number of para-hydroxylation sites is 1. The fourth-order valence-corrected chi connectivity index (χ4v) is 4.98. The maximum atomic E-state index is 13.2. The van der Waals surface area contributed by atoms with Gasteiger partial charge >= 0.3 is 0 Å². The minimum Gasteiger partial charge on any atom is -0.466 e. The van der Waals surface area contributed by atoms with Crippen molar-refractivity contribution in [3.63, 3.8) is 0 Å². The van der Waals surface area contributed by atoms with Crippen molar-refractivity contribution < 1.29 is 4.74 Å². The average molecular weight is 362 g/mol. The van der Waals surface area contributed by atoms with Gasteiger partial charge in [-0.1, -0.05) is 66.8 Å². The molecule has 5 rings (SSSR count). The molecule has 0 N–H and O–H groups in total. The third-order valence-electron chi connectivity index (χ3n) is 5.40. The average Bonchev–Trinajstić information content (AvgIpc) is 2.91. The van der Waals surface area contributed by atoms with Crippen LogP contribution in [0.15, 0.2) is 64.4 Å². The molecule has 3 heterocycles. The van der Waals surface area contributed by atoms with Gasteiger partial charge in [-0.2, -0.15) is 0 Å². The third-order valence-corrected chi connectivity index (χ3v) is 6.39. The van der Waals surface area contributed by atoms with E-state index in [0.29, 0.717) is 4.53 Å². The van der Waals surface area contributed by atoms with Gasteiger partial charge in [0.25, 0.3) is 5.56 Å². The first-order chi connectivity index (χ1) is 12.6. The van der Waals surface area contributed by atoms with Crippen molar-refractivity contribution in [1.29, 1.82) is 0 Å². The molecule has 2 aliphatic rings. The maximum absolute atomic E-state index is 13.2. The Morgan fingerprint density at radius 2 is 1.88 bits per heavy atom. The molecule has 0 amide bonds. The van der Waals surface area contributed by atoms with Crippen molar-refractivity contribution in [1.82, 2.24) is 4.57 Å². The molecular weight excluding hydrogens is 344 g/mol. The van der Waals surface area contributed by atoms with E-state index >= 15 is 0 Å². The number of aromatic nitrogens is 1. The number of rotatable bonds is 1. The van der Waals surface area contributed by atoms with E-state index in [4.69, 9.17) is 9.73 Å². The number of fused-ring (bicyclic) bond motifs is 6. The van der Waals surface area contributed by atoms with Gasteiger partial charge in [0, 0.05) is 11.5 Å². The largest absolute Gasteiger partial charge is 0.466 e. The summed E-state index contributed by atoms with van der Waals surface area (Å²) >= 11 is 1.44. The standard InChI is InChI=1S/C21H18N2O2S/c1-13-18-15-10-6-7-11-16(15)25-21(13,2)22-20-23(18)19(24)17(26-20)12-14-8-4-3-5-9-14/h3-13,18H,1-2H3/b17-12-/t13-,18-,21+/m1/s1. The first-order valence-electron chi connectivity index (χ1n) is 8.73. The fraction of sp³-hybridized carbons (Fsp3) is 0.238. The van der Waals surface area contributed by atoms with Gasteiger partial charge in [-0.15, -0.1) is 0 Å². The van der Waals surface area contributed by atoms with E-state index in [-0.39, 0.29) is 17.5 Å². The molecule has 130 valence electrons. The van der Waals surface area contributed by atoms with E-state index in [0.717, 1.165) is 21.7 Å². The molecule has 0 saturated carbocycles. The van der Waals surface area contributed by atoms with Crippen LogP contribution in [0.2, 0.25) is 0 Å². The lowest BCUT2D eigenvalue weighted by atomic mass is 9.83. The Kier molecular flexibility index (Phi) is 3.25. The van der Waals surface area contributed by atoms with Gasteiger partial charge in [0.15, 0.2) is 4.80 Å². The van der Waals surface area contributed by atoms with Crippen LogP contribution in [0.25, 0.3) is 6.08 Å². The van der Waals surface area contributed by atoms with E-state index in [1.807, 2.05) is 66.1 Å². The van der Waals surface area contributed by atoms with Crippen LogP contribution in [0, 0.1) is 5.92 Å². The number of benzene rings is 2. The van der Waals surface area contributed by atoms with Crippen molar-refractivity contribution in [2.24, 2.45) is 10.9 Å². The SMILES string of the molecule is C[C@@H]1[C@@H]2c3ccccc3O[C@]1(C)N=c1s/c(=C\c3ccccc3)c(=O)n12. The molecule has 3 atom stereocenters. The Balaban J connectivity index is 1.80. The molecule has 2 bridgehead atoms. The van der Waals surface area contributed by atoms with Gasteiger partial charge in [-0.3, -0.25) is 9.36 Å². The summed E-state index contributed by atoms with van der Waals surface area (Å²) in [6, 6.07) is 17.8. The third kappa shape index (κ3) is 2.13. The minimum absolute atomic E-state index is 0.0215. The number of thiazole rings is 1. The predicted octanol–water partition coefficient (Wildman–Crippen LogP) is 2.71. The highest BCUT2D eigenvalue weighted by Crippen LogP contribution is 2.46. The fourth-order valence-electron chi connectivity index (χ4n) is 3.88. The van der Waals surface area contributed by atoms with Gasteiger partial charge in [0.1, 0.15) is 5.75 Å². The summed E-state index contributed by atoms with van der Waals surface area (Å²) in [6.45, 7) is 4.12. The van der Waals surface area contributed by atoms with Crippen LogP contribution in [-0.2, 0) is 0 Å². The normalized spacial score (nSPS) is 26.5. The van der Waals surface area contributed by atoms with Crippen molar-refractivity contribution >= 4 is 17.4 Å². The Morgan fingerprint density at radius 3 is 2.69 bits per heavy atom. The molecule has 0 fully saturated rings. The van der Waals surface area contributed by atoms with Crippen molar-refractivity contribution in [2.75, 3.05) is 0 Å². The van der Waals surface area contributed by atoms with Crippen molar-refractivity contribution in [2.45, 2.75) is 25.6 Å². The van der Waals surface area contributed by atoms with Crippen LogP contribution in [0.3, 0.4) is 0 Å². The predicted molar refractivity (Wildman–Crippen MR) is 102 cm³/mol. The van der Waals surface area contributed by atoms with Gasteiger partial charge < -0.3 is 4.74 Å². The Hall–Kier alpha value is -2.66. The minimum atomic E-state index is -0.652. The number of hydrogen-bond donors (Lipinski definition) is 0. The second-order valence-electron chi connectivity index (χ2n) is 7.02. The zero-order valence-electron chi connectivity index (χ0n) is 14.5. The second kappa shape index (κ2) is 5.42. The number of hydrogen-bond acceptors (Lipinski definition) is 4. The molecule has 4 nitrogen and oxygen atoms in total. The molecular formula is C21H18N2O2S. The lowest BCUT2D eigenvalue weighted by Gasteiger charge is -2.45. The van der Waals surface area contributed by atoms with E-state index in [1.165, 1.54) is 11.3 Å². The Bertz CT molecular complexity index is 1180. The van der Waals surface area contributed by atoms with E-state index in [1.54, 1.807) is 0 Å². The van der Waals surface area contributed by atoms with Crippen LogP contribution in [0.1, 0.15) is 31.0 Å². The van der Waals surface area contributed by atoms with Gasteiger partial charge in [0.2, 0.25) is 5.72 Å². The molecule has 2 aromatic carbocycles. The summed E-state index contributed by atoms with van der Waals surface area (Å²) in [4.78, 5) is 18.8. The van der Waals surface area contributed by atoms with Gasteiger partial charge in [-0.05, 0) is 24.6 Å². The zero-order chi connectivity index (χ0) is 17.9. The topological polar surface area (TPSA) is 43.6 Å². The zero-order valence-corrected chi connectivity index (χ0v) is 15.4. The highest BCUT2D eigenvalue weighted by molar-refractivity contribution is 7.07. The summed E-state index contributed by atoms with van der Waals surface area (Å²) in [6.07, 6.45) is 1.94. The molecule has 5 heteroatoms. The number of nitrogens with zero attached hydrogens (tertiary/aromatic N) is 2. The first kappa shape index (κ1) is 15.6. The van der Waals surface area contributed by atoms with Crippen molar-refractivity contribution in [3.05, 3.63) is 85.4 Å². The number of ether oxygens (including phenoxy) is 1. The molecule has 0 saturated heterocycles. The monoisotopic (exact) mass is 362 g/mol. The molecule has 0 aliphatic carbocycles. The maximum Gasteiger partial charge on any atom is 0.270 e. The second-order valence-corrected chi connectivity index (χ2v) is 8.03. The molecule has 26 heavy (non-hydrogen) atoms. The lowest BCUT2D eigenvalue weighted by Crippen LogP contribution is -2.54. The molecule has 3 aromatic rings. The van der Waals surface area contributed by atoms with Gasteiger partial charge in [0.05, 0.1) is 10.6 Å². The van der Waals surface area contributed by atoms with Crippen LogP contribution in [-0.4, -0.2) is 10.3 Å². The first-order valence-corrected chi connectivity index (χ1v) is 9.54. The van der Waals surface area contributed by atoms with E-state index in [9.17, 15) is 4.79 Å². The lowest BCUT2D eigenvalue weighted by molar-refractivity contribution is -0.0121. The molecule has 0 radical (unpaired) electrons. The van der Waals surface area contributed by atoms with E-state index in [2.05, 4.69) is 13.0 Å². The summed E-state index contributed by atoms with van der Waals surface area (Å²) in [5.74, 6) is 0.890. The molecule has 1 aromatic heterocycles. The highest BCUT2D eigenvalue weighted by Gasteiger charge is 2.48. The molecule has 0 unspecified atom stereocenters. The molecule has 2 aliphatic heterocycles. The summed E-state index contributed by atoms with van der Waals surface area (Å²) in [5.41, 5.74) is 1.44. The van der Waals surface area contributed by atoms with Crippen LogP contribution < -0.4 is 19.6 Å². The van der Waals surface area contributed by atoms with Crippen molar-refractivity contribution in [3.8, 4) is 5.75 Å². The highest BCUT2D eigenvalue weighted by atomic mass is 32.1. The van der Waals surface area contributed by atoms with Crippen LogP contribution in [0.5, 0.6) is 5.75 Å². The van der Waals surface area contributed by atoms with Gasteiger partial charge in [-0.25, -0.2) is 4.99 Å². The summed E-state index contributed by atoms with van der Waals surface area (Å²) < 4.78 is 8.80. The smallest absolute Gasteiger partial charge is 0.270 e. The Morgan fingerprint density at radius 1 is 1.15 bits per heavy atom. The quantitative estimate of drug-likeness (QED) is 0.668. The summed E-state index contributed by atoms with van der Waals surface area (Å²) in [5, 5.41) is 0. The molecule has 0 spiro atoms. The van der Waals surface area contributed by atoms with Crippen LogP contribution >= 0.6 is 11.3 Å². The Labute approximate surface area is 154 Å². The van der Waals surface area contributed by atoms with Crippen LogP contribution in [0.4, 0.5) is 0 Å². The van der Waals surface area contributed by atoms with E-state index < -0.39 is 5.72 Å².